The maximum absolute atomic E-state index is 12.7. The van der Waals surface area contributed by atoms with Gasteiger partial charge in [-0.3, -0.25) is 14.9 Å². The molecule has 3 aromatic rings. The van der Waals surface area contributed by atoms with Crippen molar-refractivity contribution >= 4 is 40.5 Å². The van der Waals surface area contributed by atoms with Crippen molar-refractivity contribution in [2.45, 2.75) is 0 Å². The van der Waals surface area contributed by atoms with Crippen molar-refractivity contribution in [1.29, 1.82) is 0 Å². The third-order valence-corrected chi connectivity index (χ3v) is 5.09. The highest BCUT2D eigenvalue weighted by atomic mass is 32.1. The lowest BCUT2D eigenvalue weighted by Gasteiger charge is -2.15. The van der Waals surface area contributed by atoms with Crippen LogP contribution in [0.25, 0.3) is 0 Å². The van der Waals surface area contributed by atoms with E-state index >= 15 is 0 Å². The zero-order valence-electron chi connectivity index (χ0n) is 19.6. The van der Waals surface area contributed by atoms with E-state index in [-0.39, 0.29) is 16.6 Å². The summed E-state index contributed by atoms with van der Waals surface area (Å²) in [7, 11) is 5.97. The molecule has 10 heteroatoms. The van der Waals surface area contributed by atoms with Crippen LogP contribution in [-0.4, -0.2) is 45.4 Å². The summed E-state index contributed by atoms with van der Waals surface area (Å²) in [5.74, 6) is 0.983. The van der Waals surface area contributed by atoms with E-state index in [1.54, 1.807) is 55.6 Å². The fourth-order valence-corrected chi connectivity index (χ4v) is 3.38. The van der Waals surface area contributed by atoms with Crippen LogP contribution in [0.15, 0.2) is 60.7 Å². The van der Waals surface area contributed by atoms with Crippen LogP contribution >= 0.6 is 12.2 Å². The van der Waals surface area contributed by atoms with E-state index in [4.69, 9.17) is 31.2 Å². The minimum Gasteiger partial charge on any atom is -0.497 e. The SMILES string of the molecule is COc1ccc(C(=O)Nc2cccc(NC(=S)NC(=O)c3cc(OC)c(OC)c(OC)c3)c2)cc1. The average Bonchev–Trinajstić information content (AvgIpc) is 2.87. The summed E-state index contributed by atoms with van der Waals surface area (Å²) in [6.07, 6.45) is 0. The van der Waals surface area contributed by atoms with Gasteiger partial charge in [0.05, 0.1) is 28.4 Å². The Balaban J connectivity index is 1.66. The van der Waals surface area contributed by atoms with Crippen LogP contribution in [0.1, 0.15) is 20.7 Å². The largest absolute Gasteiger partial charge is 0.497 e. The molecule has 0 fully saturated rings. The van der Waals surface area contributed by atoms with Crippen molar-refractivity contribution in [2.24, 2.45) is 0 Å². The first-order chi connectivity index (χ1) is 16.9. The lowest BCUT2D eigenvalue weighted by molar-refractivity contribution is 0.0975. The van der Waals surface area contributed by atoms with Crippen molar-refractivity contribution < 1.29 is 28.5 Å². The predicted octanol–water partition coefficient (Wildman–Crippen LogP) is 4.10. The van der Waals surface area contributed by atoms with Gasteiger partial charge in [-0.2, -0.15) is 0 Å². The molecule has 0 unspecified atom stereocenters. The van der Waals surface area contributed by atoms with Crippen LogP contribution < -0.4 is 34.9 Å². The Bertz CT molecular complexity index is 1210. The molecule has 3 N–H and O–H groups in total. The second-order valence-corrected chi connectivity index (χ2v) is 7.49. The Labute approximate surface area is 208 Å². The van der Waals surface area contributed by atoms with E-state index in [9.17, 15) is 9.59 Å². The first-order valence-electron chi connectivity index (χ1n) is 10.4. The monoisotopic (exact) mass is 495 g/mol. The smallest absolute Gasteiger partial charge is 0.257 e. The number of amides is 2. The highest BCUT2D eigenvalue weighted by molar-refractivity contribution is 7.80. The third-order valence-electron chi connectivity index (χ3n) is 4.88. The van der Waals surface area contributed by atoms with Gasteiger partial charge in [0, 0.05) is 22.5 Å². The Morgan fingerprint density at radius 1 is 0.686 bits per heavy atom. The van der Waals surface area contributed by atoms with E-state index in [1.165, 1.54) is 33.5 Å². The first-order valence-corrected chi connectivity index (χ1v) is 10.8. The van der Waals surface area contributed by atoms with Gasteiger partial charge in [-0.1, -0.05) is 6.07 Å². The fourth-order valence-electron chi connectivity index (χ4n) is 3.17. The first kappa shape index (κ1) is 25.3. The van der Waals surface area contributed by atoms with Crippen LogP contribution in [0.4, 0.5) is 11.4 Å². The lowest BCUT2D eigenvalue weighted by Crippen LogP contribution is -2.34. The van der Waals surface area contributed by atoms with E-state index in [2.05, 4.69) is 16.0 Å². The van der Waals surface area contributed by atoms with Crippen molar-refractivity contribution in [2.75, 3.05) is 39.1 Å². The molecule has 0 aliphatic carbocycles. The highest BCUT2D eigenvalue weighted by Gasteiger charge is 2.18. The number of hydrogen-bond acceptors (Lipinski definition) is 7. The third kappa shape index (κ3) is 6.39. The molecule has 9 nitrogen and oxygen atoms in total. The molecule has 0 radical (unpaired) electrons. The maximum Gasteiger partial charge on any atom is 0.257 e. The number of thiocarbonyl (C=S) groups is 1. The van der Waals surface area contributed by atoms with E-state index in [0.717, 1.165) is 0 Å². The van der Waals surface area contributed by atoms with Gasteiger partial charge in [-0.15, -0.1) is 0 Å². The van der Waals surface area contributed by atoms with Crippen LogP contribution in [0, 0.1) is 0 Å². The number of rotatable bonds is 8. The molecule has 3 aromatic carbocycles. The Morgan fingerprint density at radius 3 is 1.83 bits per heavy atom. The molecule has 2 amide bonds. The van der Waals surface area contributed by atoms with Crippen molar-refractivity contribution in [3.05, 3.63) is 71.8 Å². The second kappa shape index (κ2) is 11.7. The van der Waals surface area contributed by atoms with E-state index in [1.807, 2.05) is 0 Å². The number of hydrogen-bond donors (Lipinski definition) is 3. The number of nitrogens with one attached hydrogen (secondary N) is 3. The van der Waals surface area contributed by atoms with E-state index in [0.29, 0.717) is 39.9 Å². The molecular weight excluding hydrogens is 470 g/mol. The molecule has 3 rings (SSSR count). The number of anilines is 2. The Kier molecular flexibility index (Phi) is 8.47. The van der Waals surface area contributed by atoms with Gasteiger partial charge in [-0.25, -0.2) is 0 Å². The summed E-state index contributed by atoms with van der Waals surface area (Å²) < 4.78 is 21.0. The normalized spacial score (nSPS) is 10.1. The second-order valence-electron chi connectivity index (χ2n) is 7.09. The molecule has 0 saturated carbocycles. The summed E-state index contributed by atoms with van der Waals surface area (Å²) in [4.78, 5) is 25.3. The van der Waals surface area contributed by atoms with Crippen molar-refractivity contribution in [3.8, 4) is 23.0 Å². The van der Waals surface area contributed by atoms with Gasteiger partial charge < -0.3 is 29.6 Å². The van der Waals surface area contributed by atoms with Gasteiger partial charge in [0.15, 0.2) is 16.6 Å². The zero-order chi connectivity index (χ0) is 25.4. The molecule has 0 aliphatic heterocycles. The van der Waals surface area contributed by atoms with Crippen LogP contribution in [0.5, 0.6) is 23.0 Å². The van der Waals surface area contributed by atoms with Crippen LogP contribution in [0.2, 0.25) is 0 Å². The molecule has 182 valence electrons. The minimum absolute atomic E-state index is 0.0717. The minimum atomic E-state index is -0.467. The summed E-state index contributed by atoms with van der Waals surface area (Å²) in [6, 6.07) is 16.7. The highest BCUT2D eigenvalue weighted by Crippen LogP contribution is 2.38. The van der Waals surface area contributed by atoms with Gasteiger partial charge in [-0.05, 0) is 66.8 Å². The number of carbonyl (C=O) groups is 2. The fraction of sp³-hybridized carbons (Fsp3) is 0.160. The average molecular weight is 496 g/mol. The molecule has 0 bridgehead atoms. The molecule has 0 aliphatic rings. The van der Waals surface area contributed by atoms with Crippen LogP contribution in [-0.2, 0) is 0 Å². The molecule has 0 atom stereocenters. The van der Waals surface area contributed by atoms with Crippen molar-refractivity contribution in [3.63, 3.8) is 0 Å². The standard InChI is InChI=1S/C25H25N3O6S/c1-31-19-10-8-15(9-11-19)23(29)26-17-6-5-7-18(14-17)27-25(35)28-24(30)16-12-20(32-2)22(34-4)21(13-16)33-3/h5-14H,1-4H3,(H,26,29)(H2,27,28,30,35). The summed E-state index contributed by atoms with van der Waals surface area (Å²) in [5.41, 5.74) is 1.88. The Hall–Kier alpha value is -4.31. The summed E-state index contributed by atoms with van der Waals surface area (Å²) >= 11 is 5.29. The summed E-state index contributed by atoms with van der Waals surface area (Å²) in [6.45, 7) is 0. The maximum atomic E-state index is 12.7. The molecule has 0 spiro atoms. The lowest BCUT2D eigenvalue weighted by atomic mass is 10.1. The van der Waals surface area contributed by atoms with Gasteiger partial charge in [0.1, 0.15) is 5.75 Å². The zero-order valence-corrected chi connectivity index (χ0v) is 20.4. The van der Waals surface area contributed by atoms with Gasteiger partial charge >= 0.3 is 0 Å². The molecular formula is C25H25N3O6S. The molecule has 0 heterocycles. The molecule has 0 saturated heterocycles. The quantitative estimate of drug-likeness (QED) is 0.401. The number of benzene rings is 3. The van der Waals surface area contributed by atoms with Gasteiger partial charge in [0.2, 0.25) is 5.75 Å². The Morgan fingerprint density at radius 2 is 1.29 bits per heavy atom. The predicted molar refractivity (Wildman–Crippen MR) is 137 cm³/mol. The molecule has 35 heavy (non-hydrogen) atoms. The number of methoxy groups -OCH3 is 4. The van der Waals surface area contributed by atoms with E-state index < -0.39 is 5.91 Å². The van der Waals surface area contributed by atoms with Gasteiger partial charge in [0.25, 0.3) is 11.8 Å². The number of ether oxygens (including phenoxy) is 4. The summed E-state index contributed by atoms with van der Waals surface area (Å²) in [5, 5.41) is 8.44. The van der Waals surface area contributed by atoms with Crippen LogP contribution in [0.3, 0.4) is 0 Å². The van der Waals surface area contributed by atoms with Crippen molar-refractivity contribution in [1.82, 2.24) is 5.32 Å². The number of carbonyl (C=O) groups excluding carboxylic acids is 2. The topological polar surface area (TPSA) is 107 Å². The molecule has 0 aromatic heterocycles.